The van der Waals surface area contributed by atoms with Gasteiger partial charge in [0.05, 0.1) is 7.11 Å². The highest BCUT2D eigenvalue weighted by Gasteiger charge is 2.14. The first-order valence-electron chi connectivity index (χ1n) is 7.47. The average molecular weight is 282 g/mol. The molecule has 0 aromatic heterocycles. The summed E-state index contributed by atoms with van der Waals surface area (Å²) in [5.74, 6) is 0.834. The van der Waals surface area contributed by atoms with Crippen LogP contribution >= 0.6 is 0 Å². The van der Waals surface area contributed by atoms with Crippen molar-refractivity contribution in [1.29, 1.82) is 0 Å². The van der Waals surface area contributed by atoms with Crippen molar-refractivity contribution in [3.63, 3.8) is 0 Å². The van der Waals surface area contributed by atoms with Gasteiger partial charge in [0.15, 0.2) is 0 Å². The van der Waals surface area contributed by atoms with Crippen LogP contribution in [0.5, 0.6) is 5.75 Å². The Bertz CT molecular complexity index is 624. The van der Waals surface area contributed by atoms with Crippen molar-refractivity contribution >= 4 is 5.69 Å². The lowest BCUT2D eigenvalue weighted by atomic mass is 10.0. The van der Waals surface area contributed by atoms with Crippen LogP contribution in [0.15, 0.2) is 42.5 Å². The van der Waals surface area contributed by atoms with Gasteiger partial charge in [-0.3, -0.25) is 4.90 Å². The highest BCUT2D eigenvalue weighted by molar-refractivity contribution is 5.47. The molecule has 0 aliphatic carbocycles. The van der Waals surface area contributed by atoms with Crippen molar-refractivity contribution in [2.24, 2.45) is 0 Å². The molecule has 0 saturated carbocycles. The van der Waals surface area contributed by atoms with Crippen LogP contribution in [0, 0.1) is 0 Å². The van der Waals surface area contributed by atoms with Gasteiger partial charge in [0.1, 0.15) is 5.75 Å². The Morgan fingerprint density at radius 3 is 2.76 bits per heavy atom. The van der Waals surface area contributed by atoms with Crippen LogP contribution < -0.4 is 10.5 Å². The van der Waals surface area contributed by atoms with Gasteiger partial charge in [-0.05, 0) is 48.2 Å². The topological polar surface area (TPSA) is 38.5 Å². The maximum atomic E-state index is 5.95. The predicted molar refractivity (Wildman–Crippen MR) is 86.3 cm³/mol. The van der Waals surface area contributed by atoms with Gasteiger partial charge in [-0.15, -0.1) is 0 Å². The summed E-state index contributed by atoms with van der Waals surface area (Å²) in [5, 5.41) is 0. The van der Waals surface area contributed by atoms with E-state index in [0.29, 0.717) is 0 Å². The van der Waals surface area contributed by atoms with Crippen LogP contribution in [-0.2, 0) is 19.5 Å². The first-order valence-corrected chi connectivity index (χ1v) is 7.47. The maximum absolute atomic E-state index is 5.95. The number of nitrogen functional groups attached to an aromatic ring is 1. The zero-order chi connectivity index (χ0) is 14.7. The van der Waals surface area contributed by atoms with Crippen LogP contribution in [-0.4, -0.2) is 18.6 Å². The number of methoxy groups -OCH3 is 1. The monoisotopic (exact) mass is 282 g/mol. The normalized spacial score (nSPS) is 15.3. The van der Waals surface area contributed by atoms with E-state index in [4.69, 9.17) is 10.5 Å². The van der Waals surface area contributed by atoms with Gasteiger partial charge in [-0.25, -0.2) is 0 Å². The van der Waals surface area contributed by atoms with Gasteiger partial charge in [0.2, 0.25) is 0 Å². The van der Waals surface area contributed by atoms with Crippen molar-refractivity contribution in [2.75, 3.05) is 19.4 Å². The molecule has 1 heterocycles. The highest BCUT2D eigenvalue weighted by Crippen LogP contribution is 2.23. The Morgan fingerprint density at radius 1 is 1.14 bits per heavy atom. The Labute approximate surface area is 126 Å². The summed E-state index contributed by atoms with van der Waals surface area (Å²) < 4.78 is 5.31. The Kier molecular flexibility index (Phi) is 4.11. The summed E-state index contributed by atoms with van der Waals surface area (Å²) in [5.41, 5.74) is 10.9. The molecular weight excluding hydrogens is 260 g/mol. The largest absolute Gasteiger partial charge is 0.497 e. The van der Waals surface area contributed by atoms with E-state index in [9.17, 15) is 0 Å². The number of nitrogens with two attached hydrogens (primary N) is 1. The zero-order valence-electron chi connectivity index (χ0n) is 12.5. The van der Waals surface area contributed by atoms with Crippen LogP contribution in [0.3, 0.4) is 0 Å². The van der Waals surface area contributed by atoms with E-state index >= 15 is 0 Å². The molecule has 2 aromatic carbocycles. The molecule has 21 heavy (non-hydrogen) atoms. The second-order valence-electron chi connectivity index (χ2n) is 5.70. The molecule has 0 fully saturated rings. The summed E-state index contributed by atoms with van der Waals surface area (Å²) in [6, 6.07) is 14.7. The Balaban J connectivity index is 1.78. The number of nitrogens with zero attached hydrogens (tertiary/aromatic N) is 1. The number of fused-ring (bicyclic) bond motifs is 1. The van der Waals surface area contributed by atoms with Crippen molar-refractivity contribution in [3.05, 3.63) is 59.2 Å². The number of hydrogen-bond acceptors (Lipinski definition) is 3. The highest BCUT2D eigenvalue weighted by atomic mass is 16.5. The lowest BCUT2D eigenvalue weighted by Crippen LogP contribution is -2.22. The fraction of sp³-hybridized carbons (Fsp3) is 0.333. The second-order valence-corrected chi connectivity index (χ2v) is 5.70. The predicted octanol–water partition coefficient (Wildman–Crippen LogP) is 3.23. The molecule has 0 unspecified atom stereocenters. The number of hydrogen-bond donors (Lipinski definition) is 1. The smallest absolute Gasteiger partial charge is 0.121 e. The van der Waals surface area contributed by atoms with Gasteiger partial charge in [-0.1, -0.05) is 24.3 Å². The van der Waals surface area contributed by atoms with E-state index in [1.807, 2.05) is 12.1 Å². The number of benzene rings is 2. The SMILES string of the molecule is COc1cc(N)cc(CN2CCCc3ccccc3C2)c1. The molecule has 0 atom stereocenters. The van der Waals surface area contributed by atoms with E-state index < -0.39 is 0 Å². The standard InChI is InChI=1S/C18H22N2O/c1-21-18-10-14(9-17(19)11-18)12-20-8-4-7-15-5-2-3-6-16(15)13-20/h2-3,5-6,9-11H,4,7-8,12-13,19H2,1H3. The van der Waals surface area contributed by atoms with Gasteiger partial charge >= 0.3 is 0 Å². The van der Waals surface area contributed by atoms with Gasteiger partial charge in [0, 0.05) is 24.8 Å². The van der Waals surface area contributed by atoms with Crippen LogP contribution in [0.4, 0.5) is 5.69 Å². The van der Waals surface area contributed by atoms with Crippen LogP contribution in [0.2, 0.25) is 0 Å². The van der Waals surface area contributed by atoms with Gasteiger partial charge in [0.25, 0.3) is 0 Å². The van der Waals surface area contributed by atoms with Crippen molar-refractivity contribution in [3.8, 4) is 5.75 Å². The Morgan fingerprint density at radius 2 is 1.95 bits per heavy atom. The zero-order valence-corrected chi connectivity index (χ0v) is 12.5. The molecule has 0 radical (unpaired) electrons. The molecule has 0 spiro atoms. The number of rotatable bonds is 3. The molecule has 3 nitrogen and oxygen atoms in total. The minimum atomic E-state index is 0.763. The summed E-state index contributed by atoms with van der Waals surface area (Å²) in [4.78, 5) is 2.49. The summed E-state index contributed by atoms with van der Waals surface area (Å²) in [6.07, 6.45) is 2.38. The van der Waals surface area contributed by atoms with E-state index in [1.165, 1.54) is 29.5 Å². The third-order valence-corrected chi connectivity index (χ3v) is 4.06. The molecule has 110 valence electrons. The van der Waals surface area contributed by atoms with E-state index in [1.54, 1.807) is 7.11 Å². The van der Waals surface area contributed by atoms with E-state index in [-0.39, 0.29) is 0 Å². The minimum absolute atomic E-state index is 0.763. The summed E-state index contributed by atoms with van der Waals surface area (Å²) >= 11 is 0. The first kappa shape index (κ1) is 14.0. The molecule has 2 N–H and O–H groups in total. The van der Waals surface area contributed by atoms with Crippen molar-refractivity contribution in [1.82, 2.24) is 4.90 Å². The van der Waals surface area contributed by atoms with Crippen molar-refractivity contribution < 1.29 is 4.74 Å². The minimum Gasteiger partial charge on any atom is -0.497 e. The maximum Gasteiger partial charge on any atom is 0.121 e. The molecule has 3 heteroatoms. The molecule has 0 amide bonds. The Hall–Kier alpha value is -2.00. The fourth-order valence-electron chi connectivity index (χ4n) is 3.06. The third kappa shape index (κ3) is 3.37. The van der Waals surface area contributed by atoms with Gasteiger partial charge < -0.3 is 10.5 Å². The van der Waals surface area contributed by atoms with E-state index in [0.717, 1.165) is 31.1 Å². The lowest BCUT2D eigenvalue weighted by Gasteiger charge is -2.21. The second kappa shape index (κ2) is 6.19. The molecule has 0 bridgehead atoms. The summed E-state index contributed by atoms with van der Waals surface area (Å²) in [7, 11) is 1.68. The first-order chi connectivity index (χ1) is 10.2. The summed E-state index contributed by atoms with van der Waals surface area (Å²) in [6.45, 7) is 3.04. The number of ether oxygens (including phenoxy) is 1. The van der Waals surface area contributed by atoms with Crippen LogP contribution in [0.1, 0.15) is 23.1 Å². The molecule has 3 rings (SSSR count). The quantitative estimate of drug-likeness (QED) is 0.878. The van der Waals surface area contributed by atoms with Crippen molar-refractivity contribution in [2.45, 2.75) is 25.9 Å². The molecule has 0 saturated heterocycles. The average Bonchev–Trinajstić information content (AvgIpc) is 2.68. The third-order valence-electron chi connectivity index (χ3n) is 4.06. The number of aryl methyl sites for hydroxylation is 1. The lowest BCUT2D eigenvalue weighted by molar-refractivity contribution is 0.260. The molecule has 1 aliphatic heterocycles. The molecule has 2 aromatic rings. The van der Waals surface area contributed by atoms with Gasteiger partial charge in [-0.2, -0.15) is 0 Å². The van der Waals surface area contributed by atoms with Crippen LogP contribution in [0.25, 0.3) is 0 Å². The number of anilines is 1. The van der Waals surface area contributed by atoms with E-state index in [2.05, 4.69) is 35.2 Å². The molecule has 1 aliphatic rings. The fourth-order valence-corrected chi connectivity index (χ4v) is 3.06. The molecular formula is C18H22N2O.